The van der Waals surface area contributed by atoms with Crippen LogP contribution in [-0.4, -0.2) is 16.9 Å². The minimum atomic E-state index is -4.57. The molecule has 2 aliphatic carbocycles. The molecule has 4 nitrogen and oxygen atoms in total. The number of rotatable bonds is 8. The number of halogens is 6. The minimum absolute atomic E-state index is 0.399. The molecule has 0 amide bonds. The highest BCUT2D eigenvalue weighted by Gasteiger charge is 2.53. The SMILES string of the molecule is C[SiH](C)c1cccc2c1oc1c(N(c3ccc(C(F)(F)F)cc3)c3ccc4c(c3)-c3cc(N(c5ccc(C(F)(F)F)cc5)c5cccc6c5oc5c([Si](C)(C)C)cccc56)ccc3C43c4ccccc4C(C)(C)c4ccccc43)cccc12. The van der Waals surface area contributed by atoms with E-state index in [2.05, 4.69) is 168 Å². The minimum Gasteiger partial charge on any atom is -0.454 e. The summed E-state index contributed by atoms with van der Waals surface area (Å²) in [5, 5.41) is 6.04. The van der Waals surface area contributed by atoms with Gasteiger partial charge in [0, 0.05) is 49.7 Å². The Morgan fingerprint density at radius 1 is 0.398 bits per heavy atom. The van der Waals surface area contributed by atoms with Crippen molar-refractivity contribution >= 4 is 105 Å². The van der Waals surface area contributed by atoms with Crippen molar-refractivity contribution in [2.75, 3.05) is 9.80 Å². The predicted octanol–water partition coefficient (Wildman–Crippen LogP) is 19.7. The third-order valence-corrected chi connectivity index (χ3v) is 21.2. The number of nitrogens with zero attached hydrogens (tertiary/aromatic N) is 2. The molecular formula is C71H56F6N2O2Si2. The number of furan rings is 2. The Balaban J connectivity index is 1.06. The molecule has 0 bridgehead atoms. The topological polar surface area (TPSA) is 32.8 Å². The Morgan fingerprint density at radius 2 is 0.783 bits per heavy atom. The van der Waals surface area contributed by atoms with E-state index in [1.165, 1.54) is 29.5 Å². The molecule has 0 saturated carbocycles. The van der Waals surface area contributed by atoms with E-state index in [1.807, 2.05) is 46.2 Å². The molecule has 2 heterocycles. The van der Waals surface area contributed by atoms with E-state index >= 15 is 0 Å². The van der Waals surface area contributed by atoms with Crippen molar-refractivity contribution in [1.29, 1.82) is 0 Å². The molecule has 2 aliphatic rings. The Kier molecular flexibility index (Phi) is 11.7. The zero-order valence-corrected chi connectivity index (χ0v) is 48.8. The summed E-state index contributed by atoms with van der Waals surface area (Å²) < 4.78 is 100. The standard InChI is InChI=1S/C71H56F6N2O2Si2/c1-68(2)56-20-8-10-22-58(56)69(59-23-11-9-21-57(59)68)54-38-36-46(78(44-32-28-42(29-33-44)70(72,73)74)60-24-12-16-48-50-18-14-26-62(82(3)4)66(50)80-64(48)60)40-52(54)53-41-47(37-39-55(53)69)79(45-34-30-43(31-35-45)71(75,76)77)61-25-13-17-49-51-19-15-27-63(83(5,6)7)67(51)81-65(49)61/h8-41,82H,1-7H3. The Hall–Kier alpha value is -8.59. The maximum absolute atomic E-state index is 14.4. The number of alkyl halides is 6. The lowest BCUT2D eigenvalue weighted by atomic mass is 9.55. The van der Waals surface area contributed by atoms with Crippen molar-refractivity contribution < 1.29 is 35.2 Å². The summed E-state index contributed by atoms with van der Waals surface area (Å²) >= 11 is 0. The molecule has 412 valence electrons. The summed E-state index contributed by atoms with van der Waals surface area (Å²) in [4.78, 5) is 3.98. The van der Waals surface area contributed by atoms with Crippen LogP contribution in [0.25, 0.3) is 55.0 Å². The van der Waals surface area contributed by atoms with Gasteiger partial charge in [0.05, 0.1) is 44.8 Å². The van der Waals surface area contributed by atoms with E-state index in [0.717, 1.165) is 107 Å². The molecule has 0 fully saturated rings. The van der Waals surface area contributed by atoms with Gasteiger partial charge in [-0.1, -0.05) is 168 Å². The van der Waals surface area contributed by atoms with Gasteiger partial charge in [-0.05, 0) is 140 Å². The molecule has 83 heavy (non-hydrogen) atoms. The second-order valence-corrected chi connectivity index (χ2v) is 32.0. The van der Waals surface area contributed by atoms with Gasteiger partial charge in [0.15, 0.2) is 11.2 Å². The first-order valence-corrected chi connectivity index (χ1v) is 34.4. The molecule has 0 N–H and O–H groups in total. The largest absolute Gasteiger partial charge is 0.454 e. The lowest BCUT2D eigenvalue weighted by Gasteiger charge is -2.46. The van der Waals surface area contributed by atoms with Crippen molar-refractivity contribution in [1.82, 2.24) is 0 Å². The molecule has 10 aromatic carbocycles. The summed E-state index contributed by atoms with van der Waals surface area (Å²) in [6, 6.07) is 65.0. The van der Waals surface area contributed by atoms with Crippen LogP contribution in [0.5, 0.6) is 0 Å². The molecular weight excluding hydrogens is 1080 g/mol. The fourth-order valence-corrected chi connectivity index (χ4v) is 16.3. The van der Waals surface area contributed by atoms with Crippen molar-refractivity contribution in [2.24, 2.45) is 0 Å². The van der Waals surface area contributed by atoms with Crippen LogP contribution in [-0.2, 0) is 23.2 Å². The maximum Gasteiger partial charge on any atom is 0.416 e. The lowest BCUT2D eigenvalue weighted by molar-refractivity contribution is -0.138. The van der Waals surface area contributed by atoms with Crippen LogP contribution in [0.15, 0.2) is 215 Å². The molecule has 12 heteroatoms. The van der Waals surface area contributed by atoms with Gasteiger partial charge in [0.25, 0.3) is 0 Å². The van der Waals surface area contributed by atoms with E-state index in [0.29, 0.717) is 45.3 Å². The van der Waals surface area contributed by atoms with Crippen LogP contribution in [0.3, 0.4) is 0 Å². The second kappa shape index (κ2) is 18.5. The average molecular weight is 1140 g/mol. The van der Waals surface area contributed by atoms with Gasteiger partial charge in [0.1, 0.15) is 11.2 Å². The Labute approximate surface area is 479 Å². The van der Waals surface area contributed by atoms with Gasteiger partial charge in [0.2, 0.25) is 0 Å². The van der Waals surface area contributed by atoms with E-state index in [-0.39, 0.29) is 0 Å². The number of benzene rings is 10. The van der Waals surface area contributed by atoms with Crippen LogP contribution in [0, 0.1) is 0 Å². The first-order chi connectivity index (χ1) is 39.7. The molecule has 0 saturated heterocycles. The van der Waals surface area contributed by atoms with Crippen molar-refractivity contribution in [2.45, 2.75) is 69.8 Å². The summed E-state index contributed by atoms with van der Waals surface area (Å²) in [5.41, 5.74) is 11.9. The van der Waals surface area contributed by atoms with Gasteiger partial charge in [-0.3, -0.25) is 0 Å². The lowest BCUT2D eigenvalue weighted by Crippen LogP contribution is -2.40. The highest BCUT2D eigenvalue weighted by Crippen LogP contribution is 2.63. The van der Waals surface area contributed by atoms with E-state index in [9.17, 15) is 26.3 Å². The van der Waals surface area contributed by atoms with E-state index in [1.54, 1.807) is 0 Å². The first-order valence-electron chi connectivity index (χ1n) is 28.0. The molecule has 1 spiro atoms. The molecule has 2 aromatic heterocycles. The van der Waals surface area contributed by atoms with Crippen molar-refractivity contribution in [3.63, 3.8) is 0 Å². The highest BCUT2D eigenvalue weighted by molar-refractivity contribution is 6.90. The molecule has 14 rings (SSSR count). The molecule has 0 aliphatic heterocycles. The van der Waals surface area contributed by atoms with Crippen LogP contribution >= 0.6 is 0 Å². The van der Waals surface area contributed by atoms with Gasteiger partial charge in [-0.2, -0.15) is 26.3 Å². The molecule has 0 unspecified atom stereocenters. The number of hydrogen-bond acceptors (Lipinski definition) is 4. The van der Waals surface area contributed by atoms with Crippen LogP contribution in [0.4, 0.5) is 60.5 Å². The smallest absolute Gasteiger partial charge is 0.416 e. The summed E-state index contributed by atoms with van der Waals surface area (Å²) in [6.45, 7) is 15.9. The normalized spacial score (nSPS) is 14.4. The summed E-state index contributed by atoms with van der Waals surface area (Å²) in [6.07, 6.45) is -9.13. The van der Waals surface area contributed by atoms with Crippen LogP contribution in [0.1, 0.15) is 58.4 Å². The summed E-state index contributed by atoms with van der Waals surface area (Å²) in [5.74, 6) is 0. The molecule has 0 atom stereocenters. The number of hydrogen-bond donors (Lipinski definition) is 0. The third-order valence-electron chi connectivity index (χ3n) is 17.5. The monoisotopic (exact) mass is 1140 g/mol. The first kappa shape index (κ1) is 52.5. The van der Waals surface area contributed by atoms with E-state index < -0.39 is 51.2 Å². The number of fused-ring (bicyclic) bond motifs is 15. The summed E-state index contributed by atoms with van der Waals surface area (Å²) in [7, 11) is -3.33. The zero-order chi connectivity index (χ0) is 57.7. The van der Waals surface area contributed by atoms with Gasteiger partial charge in [-0.15, -0.1) is 0 Å². The van der Waals surface area contributed by atoms with E-state index in [4.69, 9.17) is 8.83 Å². The predicted molar refractivity (Wildman–Crippen MR) is 331 cm³/mol. The quantitative estimate of drug-likeness (QED) is 0.112. The molecule has 12 aromatic rings. The van der Waals surface area contributed by atoms with Gasteiger partial charge < -0.3 is 18.6 Å². The number of anilines is 6. The Bertz CT molecular complexity index is 4560. The second-order valence-electron chi connectivity index (χ2n) is 24.0. The zero-order valence-electron chi connectivity index (χ0n) is 46.7. The average Bonchev–Trinajstić information content (AvgIpc) is 1.64. The van der Waals surface area contributed by atoms with Crippen LogP contribution in [0.2, 0.25) is 32.7 Å². The molecule has 0 radical (unpaired) electrons. The number of para-hydroxylation sites is 4. The van der Waals surface area contributed by atoms with Crippen molar-refractivity contribution in [3.8, 4) is 11.1 Å². The van der Waals surface area contributed by atoms with Gasteiger partial charge in [-0.25, -0.2) is 0 Å². The van der Waals surface area contributed by atoms with Gasteiger partial charge >= 0.3 is 12.4 Å². The maximum atomic E-state index is 14.4. The third kappa shape index (κ3) is 7.92. The fraction of sp³-hybridized carbons (Fsp3) is 0.155. The Morgan fingerprint density at radius 3 is 1.22 bits per heavy atom. The highest BCUT2D eigenvalue weighted by atomic mass is 28.3. The fourth-order valence-electron chi connectivity index (χ4n) is 13.7. The van der Waals surface area contributed by atoms with Crippen LogP contribution < -0.4 is 20.2 Å². The van der Waals surface area contributed by atoms with Crippen molar-refractivity contribution in [3.05, 3.63) is 251 Å².